The van der Waals surface area contributed by atoms with Crippen LogP contribution < -0.4 is 5.73 Å². The van der Waals surface area contributed by atoms with Crippen LogP contribution in [0.25, 0.3) is 22.3 Å². The van der Waals surface area contributed by atoms with Gasteiger partial charge in [0.1, 0.15) is 17.2 Å². The minimum atomic E-state index is 0.485. The number of benzene rings is 2. The summed E-state index contributed by atoms with van der Waals surface area (Å²) < 4.78 is 7.94. The van der Waals surface area contributed by atoms with Gasteiger partial charge in [-0.3, -0.25) is 4.68 Å². The second-order valence-electron chi connectivity index (χ2n) is 6.15. The van der Waals surface area contributed by atoms with Crippen molar-refractivity contribution in [2.75, 3.05) is 5.73 Å². The van der Waals surface area contributed by atoms with Crippen molar-refractivity contribution in [1.82, 2.24) is 9.78 Å². The Balaban J connectivity index is 1.79. The highest BCUT2D eigenvalue weighted by Gasteiger charge is 2.13. The summed E-state index contributed by atoms with van der Waals surface area (Å²) in [4.78, 5) is 0. The molecule has 2 N–H and O–H groups in total. The Bertz CT molecular complexity index is 1150. The molecule has 0 atom stereocenters. The second-order valence-corrected chi connectivity index (χ2v) is 6.59. The van der Waals surface area contributed by atoms with Gasteiger partial charge in [-0.2, -0.15) is 10.4 Å². The van der Waals surface area contributed by atoms with E-state index in [-0.39, 0.29) is 0 Å². The van der Waals surface area contributed by atoms with E-state index in [2.05, 4.69) is 11.2 Å². The van der Waals surface area contributed by atoms with Gasteiger partial charge >= 0.3 is 0 Å². The normalized spacial score (nSPS) is 11.0. The van der Waals surface area contributed by atoms with Crippen LogP contribution >= 0.6 is 11.6 Å². The third-order valence-corrected chi connectivity index (χ3v) is 4.49. The number of aryl methyl sites for hydroxylation is 1. The minimum absolute atomic E-state index is 0.485. The van der Waals surface area contributed by atoms with Crippen LogP contribution in [0.3, 0.4) is 0 Å². The fraction of sp³-hybridized carbons (Fsp3) is 0.100. The van der Waals surface area contributed by atoms with E-state index in [9.17, 15) is 0 Å². The SMILES string of the molecule is Cc1cc(N)nn1Cc1cc(Cl)cc2cc(-c3ccc(C#N)cc3)oc12. The van der Waals surface area contributed by atoms with Gasteiger partial charge in [0.05, 0.1) is 18.2 Å². The predicted octanol–water partition coefficient (Wildman–Crippen LogP) is 4.76. The number of hydrogen-bond acceptors (Lipinski definition) is 4. The number of halogens is 1. The van der Waals surface area contributed by atoms with Crippen molar-refractivity contribution in [2.24, 2.45) is 0 Å². The highest BCUT2D eigenvalue weighted by Crippen LogP contribution is 2.33. The third kappa shape index (κ3) is 2.92. The number of fused-ring (bicyclic) bond motifs is 1. The third-order valence-electron chi connectivity index (χ3n) is 4.28. The average Bonchev–Trinajstić information content (AvgIpc) is 3.18. The Kier molecular flexibility index (Phi) is 3.90. The molecule has 0 amide bonds. The molecule has 0 bridgehead atoms. The number of aromatic nitrogens is 2. The number of rotatable bonds is 3. The maximum atomic E-state index is 8.94. The van der Waals surface area contributed by atoms with Crippen LogP contribution in [0.4, 0.5) is 5.82 Å². The number of nitrogens with zero attached hydrogens (tertiary/aromatic N) is 3. The molecule has 4 aromatic rings. The molecule has 0 fully saturated rings. The first kappa shape index (κ1) is 16.2. The Hall–Kier alpha value is -3.23. The lowest BCUT2D eigenvalue weighted by Crippen LogP contribution is -2.04. The van der Waals surface area contributed by atoms with E-state index in [0.717, 1.165) is 33.6 Å². The van der Waals surface area contributed by atoms with Crippen LogP contribution in [0.5, 0.6) is 0 Å². The van der Waals surface area contributed by atoms with Crippen molar-refractivity contribution in [3.63, 3.8) is 0 Å². The Morgan fingerprint density at radius 3 is 2.62 bits per heavy atom. The molecular weight excluding hydrogens is 348 g/mol. The van der Waals surface area contributed by atoms with Gasteiger partial charge in [0.15, 0.2) is 0 Å². The molecule has 0 unspecified atom stereocenters. The molecule has 0 aliphatic rings. The van der Waals surface area contributed by atoms with Crippen molar-refractivity contribution in [3.8, 4) is 17.4 Å². The van der Waals surface area contributed by atoms with Gasteiger partial charge < -0.3 is 10.2 Å². The number of nitrogen functional groups attached to an aromatic ring is 1. The van der Waals surface area contributed by atoms with Crippen molar-refractivity contribution in [1.29, 1.82) is 5.26 Å². The fourth-order valence-corrected chi connectivity index (χ4v) is 3.26. The van der Waals surface area contributed by atoms with Crippen LogP contribution in [0.1, 0.15) is 16.8 Å². The molecule has 26 heavy (non-hydrogen) atoms. The molecule has 0 aliphatic heterocycles. The van der Waals surface area contributed by atoms with Crippen LogP contribution in [-0.4, -0.2) is 9.78 Å². The number of nitrogens with two attached hydrogens (primary N) is 1. The highest BCUT2D eigenvalue weighted by molar-refractivity contribution is 6.31. The first-order chi connectivity index (χ1) is 12.5. The number of nitriles is 1. The number of furan rings is 1. The van der Waals surface area contributed by atoms with Gasteiger partial charge in [-0.05, 0) is 49.4 Å². The Morgan fingerprint density at radius 1 is 1.19 bits per heavy atom. The molecule has 4 rings (SSSR count). The quantitative estimate of drug-likeness (QED) is 0.569. The largest absolute Gasteiger partial charge is 0.456 e. The lowest BCUT2D eigenvalue weighted by molar-refractivity contribution is 0.611. The van der Waals surface area contributed by atoms with Crippen molar-refractivity contribution < 1.29 is 4.42 Å². The summed E-state index contributed by atoms with van der Waals surface area (Å²) in [6, 6.07) is 16.9. The second kappa shape index (κ2) is 6.25. The van der Waals surface area contributed by atoms with Crippen LogP contribution in [0.15, 0.2) is 52.9 Å². The molecule has 0 radical (unpaired) electrons. The average molecular weight is 363 g/mol. The Labute approximate surface area is 155 Å². The molecule has 0 aliphatic carbocycles. The van der Waals surface area contributed by atoms with Gasteiger partial charge in [0.2, 0.25) is 0 Å². The molecule has 6 heteroatoms. The van der Waals surface area contributed by atoms with Gasteiger partial charge in [0, 0.05) is 33.3 Å². The minimum Gasteiger partial charge on any atom is -0.456 e. The summed E-state index contributed by atoms with van der Waals surface area (Å²) in [7, 11) is 0. The standard InChI is InChI=1S/C20H15ClN4O/c1-12-6-19(23)24-25(12)11-16-8-17(21)7-15-9-18(26-20(15)16)14-4-2-13(10-22)3-5-14/h2-9H,11H2,1H3,(H2,23,24). The Morgan fingerprint density at radius 2 is 1.96 bits per heavy atom. The van der Waals surface area contributed by atoms with Crippen molar-refractivity contribution in [2.45, 2.75) is 13.5 Å². The van der Waals surface area contributed by atoms with E-state index in [4.69, 9.17) is 27.0 Å². The molecule has 0 saturated carbocycles. The zero-order valence-corrected chi connectivity index (χ0v) is 14.8. The van der Waals surface area contributed by atoms with Crippen molar-refractivity contribution in [3.05, 3.63) is 70.4 Å². The summed E-state index contributed by atoms with van der Waals surface area (Å²) in [5, 5.41) is 14.8. The van der Waals surface area contributed by atoms with E-state index in [1.165, 1.54) is 0 Å². The van der Waals surface area contributed by atoms with Crippen LogP contribution in [0.2, 0.25) is 5.02 Å². The van der Waals surface area contributed by atoms with Crippen LogP contribution in [0, 0.1) is 18.3 Å². The van der Waals surface area contributed by atoms with Crippen molar-refractivity contribution >= 4 is 28.4 Å². The summed E-state index contributed by atoms with van der Waals surface area (Å²) in [5.74, 6) is 1.21. The van der Waals surface area contributed by atoms with E-state index < -0.39 is 0 Å². The molecular formula is C20H15ClN4O. The van der Waals surface area contributed by atoms with E-state index >= 15 is 0 Å². The molecule has 2 aromatic carbocycles. The first-order valence-electron chi connectivity index (χ1n) is 8.06. The molecule has 128 valence electrons. The molecule has 2 aromatic heterocycles. The van der Waals surface area contributed by atoms with Gasteiger partial charge in [-0.25, -0.2) is 0 Å². The van der Waals surface area contributed by atoms with E-state index in [1.54, 1.807) is 12.1 Å². The van der Waals surface area contributed by atoms with E-state index in [0.29, 0.717) is 22.9 Å². The lowest BCUT2D eigenvalue weighted by Gasteiger charge is -2.06. The summed E-state index contributed by atoms with van der Waals surface area (Å²) in [5.41, 5.74) is 9.95. The molecule has 0 saturated heterocycles. The van der Waals surface area contributed by atoms with Gasteiger partial charge in [-0.15, -0.1) is 0 Å². The summed E-state index contributed by atoms with van der Waals surface area (Å²) in [6.45, 7) is 2.47. The fourth-order valence-electron chi connectivity index (χ4n) is 3.01. The number of hydrogen-bond donors (Lipinski definition) is 1. The topological polar surface area (TPSA) is 80.8 Å². The van der Waals surface area contributed by atoms with Gasteiger partial charge in [0.25, 0.3) is 0 Å². The monoisotopic (exact) mass is 362 g/mol. The maximum Gasteiger partial charge on any atom is 0.145 e. The summed E-state index contributed by atoms with van der Waals surface area (Å²) in [6.07, 6.45) is 0. The highest BCUT2D eigenvalue weighted by atomic mass is 35.5. The smallest absolute Gasteiger partial charge is 0.145 e. The molecule has 0 spiro atoms. The number of anilines is 1. The molecule has 5 nitrogen and oxygen atoms in total. The zero-order valence-electron chi connectivity index (χ0n) is 14.0. The zero-order chi connectivity index (χ0) is 18.3. The lowest BCUT2D eigenvalue weighted by atomic mass is 10.1. The van der Waals surface area contributed by atoms with Gasteiger partial charge in [-0.1, -0.05) is 11.6 Å². The maximum absolute atomic E-state index is 8.94. The molecule has 2 heterocycles. The predicted molar refractivity (Wildman–Crippen MR) is 102 cm³/mol. The first-order valence-corrected chi connectivity index (χ1v) is 8.44. The van der Waals surface area contributed by atoms with Crippen LogP contribution in [-0.2, 0) is 6.54 Å². The van der Waals surface area contributed by atoms with E-state index in [1.807, 2.05) is 48.0 Å². The summed E-state index contributed by atoms with van der Waals surface area (Å²) >= 11 is 6.30.